The zero-order valence-electron chi connectivity index (χ0n) is 16.9. The summed E-state index contributed by atoms with van der Waals surface area (Å²) < 4.78 is 5.29. The van der Waals surface area contributed by atoms with Gasteiger partial charge in [0.25, 0.3) is 0 Å². The summed E-state index contributed by atoms with van der Waals surface area (Å²) in [5.41, 5.74) is 0. The van der Waals surface area contributed by atoms with E-state index in [1.165, 1.54) is 0 Å². The summed E-state index contributed by atoms with van der Waals surface area (Å²) in [5.74, 6) is 2.69. The van der Waals surface area contributed by atoms with E-state index < -0.39 is 0 Å². The lowest BCUT2D eigenvalue weighted by atomic mass is 10.4. The molecule has 2 aromatic heterocycles. The van der Waals surface area contributed by atoms with E-state index in [1.807, 2.05) is 43.7 Å². The number of aromatic nitrogens is 3. The molecule has 0 saturated heterocycles. The smallest absolute Gasteiger partial charge is 0.242 e. The molecule has 0 saturated carbocycles. The van der Waals surface area contributed by atoms with Crippen molar-refractivity contribution in [3.05, 3.63) is 24.2 Å². The van der Waals surface area contributed by atoms with Gasteiger partial charge in [-0.1, -0.05) is 0 Å². The Bertz CT molecular complexity index is 726. The number of carbonyl (C=O) groups is 1. The molecule has 1 amide bonds. The Morgan fingerprint density at radius 3 is 2.68 bits per heavy atom. The Morgan fingerprint density at radius 2 is 2.07 bits per heavy atom. The van der Waals surface area contributed by atoms with E-state index in [0.717, 1.165) is 12.4 Å². The number of rotatable bonds is 9. The summed E-state index contributed by atoms with van der Waals surface area (Å²) in [4.78, 5) is 25.0. The highest BCUT2D eigenvalue weighted by Crippen LogP contribution is 2.14. The molecule has 28 heavy (non-hydrogen) atoms. The van der Waals surface area contributed by atoms with Crippen LogP contribution in [0.15, 0.2) is 27.8 Å². The number of halogens is 1. The minimum atomic E-state index is 0. The molecule has 0 unspecified atom stereocenters. The van der Waals surface area contributed by atoms with Crippen LogP contribution in [0.3, 0.4) is 0 Å². The van der Waals surface area contributed by atoms with Crippen LogP contribution in [0.1, 0.15) is 26.6 Å². The first-order chi connectivity index (χ1) is 13.1. The predicted molar refractivity (Wildman–Crippen MR) is 120 cm³/mol. The fourth-order valence-corrected chi connectivity index (χ4v) is 2.61. The highest BCUT2D eigenvalue weighted by molar-refractivity contribution is 14.0. The minimum Gasteiger partial charge on any atom is -0.461 e. The highest BCUT2D eigenvalue weighted by Gasteiger charge is 2.15. The zero-order valence-corrected chi connectivity index (χ0v) is 19.3. The van der Waals surface area contributed by atoms with E-state index in [4.69, 9.17) is 4.42 Å². The number of H-pyrrole nitrogens is 1. The summed E-state index contributed by atoms with van der Waals surface area (Å²) in [5, 5.41) is 10.3. The molecule has 0 aromatic carbocycles. The van der Waals surface area contributed by atoms with Gasteiger partial charge in [0.1, 0.15) is 5.82 Å². The van der Waals surface area contributed by atoms with Gasteiger partial charge in [0, 0.05) is 39.6 Å². The number of carbonyl (C=O) groups excluding carboxylic acids is 1. The van der Waals surface area contributed by atoms with Crippen molar-refractivity contribution in [2.24, 2.45) is 4.99 Å². The van der Waals surface area contributed by atoms with E-state index in [2.05, 4.69) is 25.5 Å². The quantitative estimate of drug-likeness (QED) is 0.308. The van der Waals surface area contributed by atoms with Gasteiger partial charge in [-0.3, -0.25) is 14.9 Å². The van der Waals surface area contributed by atoms with Crippen molar-refractivity contribution in [1.29, 1.82) is 0 Å². The molecule has 0 aliphatic rings. The highest BCUT2D eigenvalue weighted by atomic mass is 127. The van der Waals surface area contributed by atoms with Crippen LogP contribution < -0.4 is 5.32 Å². The first-order valence-electron chi connectivity index (χ1n) is 9.31. The van der Waals surface area contributed by atoms with E-state index in [0.29, 0.717) is 50.1 Å². The van der Waals surface area contributed by atoms with Crippen molar-refractivity contribution in [2.45, 2.75) is 27.2 Å². The summed E-state index contributed by atoms with van der Waals surface area (Å²) in [6.45, 7) is 8.93. The van der Waals surface area contributed by atoms with Gasteiger partial charge < -0.3 is 19.5 Å². The molecule has 156 valence electrons. The van der Waals surface area contributed by atoms with Gasteiger partial charge in [0.05, 0.1) is 12.8 Å². The second-order valence-electron chi connectivity index (χ2n) is 5.99. The normalized spacial score (nSPS) is 11.1. The number of nitrogens with zero attached hydrogens (tertiary/aromatic N) is 5. The van der Waals surface area contributed by atoms with Crippen molar-refractivity contribution in [3.8, 4) is 11.6 Å². The van der Waals surface area contributed by atoms with Crippen molar-refractivity contribution in [3.63, 3.8) is 0 Å². The second kappa shape index (κ2) is 12.4. The molecule has 0 aliphatic carbocycles. The van der Waals surface area contributed by atoms with Crippen molar-refractivity contribution >= 4 is 35.8 Å². The first kappa shape index (κ1) is 23.9. The molecule has 2 heterocycles. The van der Waals surface area contributed by atoms with Crippen LogP contribution >= 0.6 is 24.0 Å². The fraction of sp³-hybridized carbons (Fsp3) is 0.556. The molecule has 0 bridgehead atoms. The first-order valence-corrected chi connectivity index (χ1v) is 9.31. The van der Waals surface area contributed by atoms with Crippen LogP contribution in [0.5, 0.6) is 0 Å². The maximum atomic E-state index is 12.3. The average molecular weight is 503 g/mol. The Balaban J connectivity index is 0.00000392. The number of likely N-dealkylation sites (N-methyl/N-ethyl adjacent to an activating group) is 2. The maximum absolute atomic E-state index is 12.3. The zero-order chi connectivity index (χ0) is 19.6. The van der Waals surface area contributed by atoms with E-state index in [1.54, 1.807) is 12.3 Å². The second-order valence-corrected chi connectivity index (χ2v) is 5.99. The molecule has 0 spiro atoms. The standard InChI is InChI=1S/C18H29N7O2.HI/c1-5-19-18(24(4)13-16(26)25(6-2)7-3)20-11-10-15-21-17(23-22-15)14-9-8-12-27-14;/h8-9,12H,5-7,10-11,13H2,1-4H3,(H,19,20)(H,21,22,23);1H. The number of nitrogens with one attached hydrogen (secondary N) is 2. The summed E-state index contributed by atoms with van der Waals surface area (Å²) in [7, 11) is 1.87. The monoisotopic (exact) mass is 503 g/mol. The van der Waals surface area contributed by atoms with Gasteiger partial charge >= 0.3 is 0 Å². The number of aliphatic imine (C=N–C) groups is 1. The summed E-state index contributed by atoms with van der Waals surface area (Å²) in [6.07, 6.45) is 2.20. The molecule has 0 atom stereocenters. The molecule has 2 rings (SSSR count). The lowest BCUT2D eigenvalue weighted by Crippen LogP contribution is -2.45. The number of guanidine groups is 1. The third-order valence-corrected chi connectivity index (χ3v) is 4.07. The van der Waals surface area contributed by atoms with Gasteiger partial charge in [-0.05, 0) is 32.9 Å². The fourth-order valence-electron chi connectivity index (χ4n) is 2.61. The molecule has 2 N–H and O–H groups in total. The van der Waals surface area contributed by atoms with Gasteiger partial charge in [-0.25, -0.2) is 4.98 Å². The number of furan rings is 1. The van der Waals surface area contributed by atoms with Crippen LogP contribution in [0.4, 0.5) is 0 Å². The van der Waals surface area contributed by atoms with Gasteiger partial charge in [0.2, 0.25) is 11.7 Å². The van der Waals surface area contributed by atoms with Gasteiger partial charge in [0.15, 0.2) is 11.7 Å². The van der Waals surface area contributed by atoms with E-state index >= 15 is 0 Å². The molecule has 0 fully saturated rings. The maximum Gasteiger partial charge on any atom is 0.242 e. The van der Waals surface area contributed by atoms with Crippen LogP contribution in [0, 0.1) is 0 Å². The van der Waals surface area contributed by atoms with Crippen LogP contribution in [0.25, 0.3) is 11.6 Å². The van der Waals surface area contributed by atoms with Crippen LogP contribution in [-0.4, -0.2) is 76.6 Å². The van der Waals surface area contributed by atoms with E-state index in [-0.39, 0.29) is 29.9 Å². The average Bonchev–Trinajstić information content (AvgIpc) is 3.33. The number of hydrogen-bond acceptors (Lipinski definition) is 5. The van der Waals surface area contributed by atoms with Crippen LogP contribution in [-0.2, 0) is 11.2 Å². The number of hydrogen-bond donors (Lipinski definition) is 2. The molecule has 9 nitrogen and oxygen atoms in total. The SMILES string of the molecule is CCNC(=NCCc1nc(-c2ccco2)n[nH]1)N(C)CC(=O)N(CC)CC.I. The number of aromatic amines is 1. The Kier molecular flexibility index (Phi) is 10.6. The molecule has 0 aliphatic heterocycles. The molecule has 10 heteroatoms. The third-order valence-electron chi connectivity index (χ3n) is 4.07. The van der Waals surface area contributed by atoms with E-state index in [9.17, 15) is 4.79 Å². The third kappa shape index (κ3) is 6.80. The summed E-state index contributed by atoms with van der Waals surface area (Å²) in [6, 6.07) is 3.62. The van der Waals surface area contributed by atoms with Gasteiger partial charge in [-0.2, -0.15) is 5.10 Å². The summed E-state index contributed by atoms with van der Waals surface area (Å²) >= 11 is 0. The lowest BCUT2D eigenvalue weighted by molar-refractivity contribution is -0.131. The molecule has 2 aromatic rings. The largest absolute Gasteiger partial charge is 0.461 e. The Hall–Kier alpha value is -2.11. The van der Waals surface area contributed by atoms with Crippen molar-refractivity contribution in [1.82, 2.24) is 30.3 Å². The molecule has 0 radical (unpaired) electrons. The predicted octanol–water partition coefficient (Wildman–Crippen LogP) is 1.99. The molecular formula is C18H30IN7O2. The Labute approximate surface area is 183 Å². The lowest BCUT2D eigenvalue weighted by Gasteiger charge is -2.25. The number of amides is 1. The van der Waals surface area contributed by atoms with Gasteiger partial charge in [-0.15, -0.1) is 24.0 Å². The topological polar surface area (TPSA) is 103 Å². The Morgan fingerprint density at radius 1 is 1.32 bits per heavy atom. The van der Waals surface area contributed by atoms with Crippen molar-refractivity contribution in [2.75, 3.05) is 39.8 Å². The van der Waals surface area contributed by atoms with Crippen molar-refractivity contribution < 1.29 is 9.21 Å². The van der Waals surface area contributed by atoms with Crippen LogP contribution in [0.2, 0.25) is 0 Å². The molecular weight excluding hydrogens is 473 g/mol. The minimum absolute atomic E-state index is 0.